The molecule has 0 aliphatic rings. The van der Waals surface area contributed by atoms with E-state index in [9.17, 15) is 0 Å². The lowest BCUT2D eigenvalue weighted by atomic mass is 9.78. The van der Waals surface area contributed by atoms with Crippen LogP contribution in [0.2, 0.25) is 0 Å². The summed E-state index contributed by atoms with van der Waals surface area (Å²) in [5.41, 5.74) is 7.24. The molecule has 1 unspecified atom stereocenters. The minimum Gasteiger partial charge on any atom is -0.330 e. The predicted molar refractivity (Wildman–Crippen MR) is 68.3 cm³/mol. The van der Waals surface area contributed by atoms with E-state index >= 15 is 0 Å². The number of rotatable bonds is 4. The van der Waals surface area contributed by atoms with E-state index in [1.165, 1.54) is 0 Å². The molecular formula is C13H25N3. The standard InChI is InChI=1S/C13H25N3/c1-10(2)16-7-6-12(15-16)8-11(9-14)13(3,4)5/h6-7,10-11H,8-9,14H2,1-5H3. The molecule has 0 aromatic carbocycles. The molecular weight excluding hydrogens is 198 g/mol. The van der Waals surface area contributed by atoms with Crippen LogP contribution in [0, 0.1) is 11.3 Å². The molecule has 0 saturated carbocycles. The van der Waals surface area contributed by atoms with Crippen molar-refractivity contribution in [3.05, 3.63) is 18.0 Å². The molecule has 2 N–H and O–H groups in total. The lowest BCUT2D eigenvalue weighted by Crippen LogP contribution is -2.30. The van der Waals surface area contributed by atoms with Crippen LogP contribution in [-0.4, -0.2) is 16.3 Å². The van der Waals surface area contributed by atoms with Crippen molar-refractivity contribution in [1.29, 1.82) is 0 Å². The third kappa shape index (κ3) is 3.34. The van der Waals surface area contributed by atoms with Gasteiger partial charge in [0.25, 0.3) is 0 Å². The number of hydrogen-bond acceptors (Lipinski definition) is 2. The van der Waals surface area contributed by atoms with Crippen molar-refractivity contribution < 1.29 is 0 Å². The highest BCUT2D eigenvalue weighted by molar-refractivity contribution is 5.02. The second-order valence-electron chi connectivity index (χ2n) is 5.88. The van der Waals surface area contributed by atoms with Crippen molar-refractivity contribution in [2.75, 3.05) is 6.54 Å². The predicted octanol–water partition coefficient (Wildman–Crippen LogP) is 2.63. The maximum atomic E-state index is 5.84. The summed E-state index contributed by atoms with van der Waals surface area (Å²) in [6, 6.07) is 2.54. The summed E-state index contributed by atoms with van der Waals surface area (Å²) >= 11 is 0. The molecule has 16 heavy (non-hydrogen) atoms. The van der Waals surface area contributed by atoms with Gasteiger partial charge in [0.15, 0.2) is 0 Å². The van der Waals surface area contributed by atoms with E-state index in [-0.39, 0.29) is 5.41 Å². The third-order valence-electron chi connectivity index (χ3n) is 3.16. The summed E-state index contributed by atoms with van der Waals surface area (Å²) in [4.78, 5) is 0. The molecule has 92 valence electrons. The van der Waals surface area contributed by atoms with Gasteiger partial charge in [0.05, 0.1) is 5.69 Å². The molecule has 0 radical (unpaired) electrons. The van der Waals surface area contributed by atoms with Crippen molar-refractivity contribution in [2.24, 2.45) is 17.1 Å². The van der Waals surface area contributed by atoms with Gasteiger partial charge in [0.1, 0.15) is 0 Å². The van der Waals surface area contributed by atoms with Crippen molar-refractivity contribution in [3.8, 4) is 0 Å². The summed E-state index contributed by atoms with van der Waals surface area (Å²) in [7, 11) is 0. The fourth-order valence-corrected chi connectivity index (χ4v) is 1.77. The van der Waals surface area contributed by atoms with Gasteiger partial charge in [-0.1, -0.05) is 20.8 Å². The molecule has 0 amide bonds. The van der Waals surface area contributed by atoms with Crippen molar-refractivity contribution >= 4 is 0 Å². The van der Waals surface area contributed by atoms with Crippen LogP contribution in [0.3, 0.4) is 0 Å². The zero-order valence-corrected chi connectivity index (χ0v) is 11.2. The van der Waals surface area contributed by atoms with Crippen LogP contribution in [0.25, 0.3) is 0 Å². The van der Waals surface area contributed by atoms with Crippen LogP contribution < -0.4 is 5.73 Å². The van der Waals surface area contributed by atoms with Crippen molar-refractivity contribution in [3.63, 3.8) is 0 Å². The van der Waals surface area contributed by atoms with E-state index in [2.05, 4.69) is 52.0 Å². The van der Waals surface area contributed by atoms with Crippen molar-refractivity contribution in [2.45, 2.75) is 47.1 Å². The van der Waals surface area contributed by atoms with Crippen LogP contribution in [0.15, 0.2) is 12.3 Å². The Balaban J connectivity index is 2.71. The number of hydrogen-bond donors (Lipinski definition) is 1. The van der Waals surface area contributed by atoms with Gasteiger partial charge in [-0.3, -0.25) is 4.68 Å². The summed E-state index contributed by atoms with van der Waals surface area (Å²) in [5, 5.41) is 4.57. The molecule has 1 aromatic heterocycles. The van der Waals surface area contributed by atoms with E-state index in [1.54, 1.807) is 0 Å². The molecule has 0 fully saturated rings. The highest BCUT2D eigenvalue weighted by Crippen LogP contribution is 2.27. The molecule has 1 heterocycles. The molecule has 0 saturated heterocycles. The fourth-order valence-electron chi connectivity index (χ4n) is 1.77. The highest BCUT2D eigenvalue weighted by atomic mass is 15.3. The minimum atomic E-state index is 0.246. The molecule has 3 heteroatoms. The lowest BCUT2D eigenvalue weighted by molar-refractivity contribution is 0.243. The summed E-state index contributed by atoms with van der Waals surface area (Å²) in [5.74, 6) is 0.489. The third-order valence-corrected chi connectivity index (χ3v) is 3.16. The van der Waals surface area contributed by atoms with Gasteiger partial charge in [-0.15, -0.1) is 0 Å². The molecule has 0 bridgehead atoms. The fraction of sp³-hybridized carbons (Fsp3) is 0.769. The molecule has 3 nitrogen and oxygen atoms in total. The Hall–Kier alpha value is -0.830. The molecule has 0 aliphatic carbocycles. The molecule has 1 atom stereocenters. The molecule has 0 spiro atoms. The monoisotopic (exact) mass is 223 g/mol. The van der Waals surface area contributed by atoms with Crippen LogP contribution >= 0.6 is 0 Å². The van der Waals surface area contributed by atoms with Gasteiger partial charge in [0, 0.05) is 12.2 Å². The summed E-state index contributed by atoms with van der Waals surface area (Å²) in [6.45, 7) is 11.7. The number of nitrogens with two attached hydrogens (primary N) is 1. The average molecular weight is 223 g/mol. The first-order valence-corrected chi connectivity index (χ1v) is 6.08. The second-order valence-corrected chi connectivity index (χ2v) is 5.88. The highest BCUT2D eigenvalue weighted by Gasteiger charge is 2.24. The van der Waals surface area contributed by atoms with E-state index in [0.29, 0.717) is 12.0 Å². The molecule has 1 aromatic rings. The first-order chi connectivity index (χ1) is 7.34. The van der Waals surface area contributed by atoms with Crippen LogP contribution in [0.4, 0.5) is 0 Å². The zero-order chi connectivity index (χ0) is 12.3. The largest absolute Gasteiger partial charge is 0.330 e. The van der Waals surface area contributed by atoms with E-state index < -0.39 is 0 Å². The Bertz CT molecular complexity index is 320. The molecule has 1 rings (SSSR count). The molecule has 0 aliphatic heterocycles. The first kappa shape index (κ1) is 13.2. The van der Waals surface area contributed by atoms with E-state index in [1.807, 2.05) is 4.68 Å². The van der Waals surface area contributed by atoms with Crippen LogP contribution in [0.5, 0.6) is 0 Å². The van der Waals surface area contributed by atoms with Gasteiger partial charge in [-0.05, 0) is 44.2 Å². The zero-order valence-electron chi connectivity index (χ0n) is 11.2. The Labute approximate surface area is 99.0 Å². The van der Waals surface area contributed by atoms with E-state index in [0.717, 1.165) is 18.7 Å². The summed E-state index contributed by atoms with van der Waals surface area (Å²) in [6.07, 6.45) is 3.02. The lowest BCUT2D eigenvalue weighted by Gasteiger charge is -2.28. The van der Waals surface area contributed by atoms with E-state index in [4.69, 9.17) is 5.73 Å². The van der Waals surface area contributed by atoms with Crippen LogP contribution in [0.1, 0.15) is 46.4 Å². The van der Waals surface area contributed by atoms with Crippen molar-refractivity contribution in [1.82, 2.24) is 9.78 Å². The van der Waals surface area contributed by atoms with Gasteiger partial charge in [-0.2, -0.15) is 5.10 Å². The Morgan fingerprint density at radius 1 is 1.38 bits per heavy atom. The smallest absolute Gasteiger partial charge is 0.0628 e. The second kappa shape index (κ2) is 5.00. The maximum Gasteiger partial charge on any atom is 0.0628 e. The SMILES string of the molecule is CC(C)n1ccc(CC(CN)C(C)(C)C)n1. The Kier molecular flexibility index (Phi) is 4.14. The summed E-state index contributed by atoms with van der Waals surface area (Å²) < 4.78 is 2.01. The van der Waals surface area contributed by atoms with Gasteiger partial charge < -0.3 is 5.73 Å². The normalized spacial score (nSPS) is 14.4. The quantitative estimate of drug-likeness (QED) is 0.852. The van der Waals surface area contributed by atoms with Crippen LogP contribution in [-0.2, 0) is 6.42 Å². The number of aromatic nitrogens is 2. The van der Waals surface area contributed by atoms with Gasteiger partial charge >= 0.3 is 0 Å². The Morgan fingerprint density at radius 3 is 2.38 bits per heavy atom. The van der Waals surface area contributed by atoms with Gasteiger partial charge in [0.2, 0.25) is 0 Å². The van der Waals surface area contributed by atoms with Gasteiger partial charge in [-0.25, -0.2) is 0 Å². The first-order valence-electron chi connectivity index (χ1n) is 6.08. The average Bonchev–Trinajstić information content (AvgIpc) is 2.60. The topological polar surface area (TPSA) is 43.8 Å². The number of nitrogens with zero attached hydrogens (tertiary/aromatic N) is 2. The minimum absolute atomic E-state index is 0.246. The maximum absolute atomic E-state index is 5.84. The Morgan fingerprint density at radius 2 is 2.00 bits per heavy atom.